The molecule has 2 rings (SSSR count). The van der Waals surface area contributed by atoms with E-state index < -0.39 is 18.1 Å². The van der Waals surface area contributed by atoms with Crippen LogP contribution in [0.25, 0.3) is 0 Å². The van der Waals surface area contributed by atoms with Crippen molar-refractivity contribution in [3.8, 4) is 0 Å². The first-order chi connectivity index (χ1) is 9.81. The maximum absolute atomic E-state index is 13.1. The molecular formula is C17H24F3N. The highest BCUT2D eigenvalue weighted by atomic mass is 19.4. The topological polar surface area (TPSA) is 12.0 Å². The number of rotatable bonds is 4. The summed E-state index contributed by atoms with van der Waals surface area (Å²) in [6.07, 6.45) is -1.64. The van der Waals surface area contributed by atoms with E-state index in [9.17, 15) is 13.2 Å². The minimum atomic E-state index is -4.09. The van der Waals surface area contributed by atoms with Gasteiger partial charge in [0.1, 0.15) is 0 Å². The molecule has 1 fully saturated rings. The zero-order chi connectivity index (χ0) is 15.5. The van der Waals surface area contributed by atoms with Crippen molar-refractivity contribution in [1.82, 2.24) is 5.32 Å². The number of hydrogen-bond donors (Lipinski definition) is 1. The predicted molar refractivity (Wildman–Crippen MR) is 79.3 cm³/mol. The van der Waals surface area contributed by atoms with E-state index in [1.165, 1.54) is 0 Å². The summed E-state index contributed by atoms with van der Waals surface area (Å²) in [5, 5.41) is 3.20. The molecule has 0 heterocycles. The Morgan fingerprint density at radius 2 is 1.67 bits per heavy atom. The van der Waals surface area contributed by atoms with E-state index in [2.05, 4.69) is 19.2 Å². The second-order valence-corrected chi connectivity index (χ2v) is 6.67. The van der Waals surface area contributed by atoms with Crippen LogP contribution in [0.1, 0.15) is 45.1 Å². The van der Waals surface area contributed by atoms with Crippen LogP contribution in [0.15, 0.2) is 30.3 Å². The highest BCUT2D eigenvalue weighted by Gasteiger charge is 2.45. The average molecular weight is 299 g/mol. The Kier molecular flexibility index (Phi) is 4.97. The van der Waals surface area contributed by atoms with Crippen molar-refractivity contribution in [1.29, 1.82) is 0 Å². The van der Waals surface area contributed by atoms with E-state index in [1.807, 2.05) is 30.3 Å². The summed E-state index contributed by atoms with van der Waals surface area (Å²) in [4.78, 5) is 0. The Balaban J connectivity index is 2.00. The minimum Gasteiger partial charge on any atom is -0.312 e. The molecule has 2 atom stereocenters. The van der Waals surface area contributed by atoms with Crippen molar-refractivity contribution in [2.75, 3.05) is 6.54 Å². The van der Waals surface area contributed by atoms with Crippen LogP contribution in [0.5, 0.6) is 0 Å². The summed E-state index contributed by atoms with van der Waals surface area (Å²) in [6, 6.07) is 9.51. The zero-order valence-corrected chi connectivity index (χ0v) is 12.7. The molecule has 0 saturated heterocycles. The van der Waals surface area contributed by atoms with Crippen molar-refractivity contribution < 1.29 is 13.2 Å². The lowest BCUT2D eigenvalue weighted by Gasteiger charge is -2.36. The van der Waals surface area contributed by atoms with Crippen LogP contribution in [-0.4, -0.2) is 18.8 Å². The Morgan fingerprint density at radius 1 is 1.05 bits per heavy atom. The zero-order valence-electron chi connectivity index (χ0n) is 12.7. The molecule has 0 bridgehead atoms. The molecule has 0 aromatic heterocycles. The van der Waals surface area contributed by atoms with Crippen molar-refractivity contribution >= 4 is 0 Å². The summed E-state index contributed by atoms with van der Waals surface area (Å²) in [6.45, 7) is 4.70. The fourth-order valence-electron chi connectivity index (χ4n) is 3.14. The summed E-state index contributed by atoms with van der Waals surface area (Å²) in [7, 11) is 0. The molecule has 1 nitrogen and oxygen atoms in total. The lowest BCUT2D eigenvalue weighted by Crippen LogP contribution is -2.48. The van der Waals surface area contributed by atoms with Gasteiger partial charge >= 0.3 is 6.18 Å². The lowest BCUT2D eigenvalue weighted by atomic mass is 9.81. The van der Waals surface area contributed by atoms with Crippen LogP contribution < -0.4 is 5.32 Å². The molecule has 1 saturated carbocycles. The van der Waals surface area contributed by atoms with Gasteiger partial charge in [0.05, 0.1) is 5.92 Å². The normalized spacial score (nSPS) is 24.0. The third-order valence-electron chi connectivity index (χ3n) is 4.55. The van der Waals surface area contributed by atoms with Gasteiger partial charge in [0.2, 0.25) is 0 Å². The van der Waals surface area contributed by atoms with Crippen molar-refractivity contribution in [2.24, 2.45) is 5.92 Å². The average Bonchev–Trinajstić information content (AvgIpc) is 2.45. The van der Waals surface area contributed by atoms with Gasteiger partial charge in [-0.1, -0.05) is 57.0 Å². The molecule has 21 heavy (non-hydrogen) atoms. The highest BCUT2D eigenvalue weighted by molar-refractivity contribution is 5.23. The molecule has 1 aliphatic rings. The fourth-order valence-corrected chi connectivity index (χ4v) is 3.14. The second kappa shape index (κ2) is 6.39. The maximum Gasteiger partial charge on any atom is 0.393 e. The molecule has 0 radical (unpaired) electrons. The Morgan fingerprint density at radius 3 is 2.29 bits per heavy atom. The van der Waals surface area contributed by atoms with Gasteiger partial charge in [-0.15, -0.1) is 0 Å². The monoisotopic (exact) mass is 299 g/mol. The molecule has 0 spiro atoms. The number of halogens is 3. The van der Waals surface area contributed by atoms with Crippen LogP contribution in [0.2, 0.25) is 0 Å². The van der Waals surface area contributed by atoms with Gasteiger partial charge in [-0.3, -0.25) is 0 Å². The molecule has 1 aliphatic carbocycles. The standard InChI is InChI=1S/C17H24F3N/c1-16(2,13-8-4-3-5-9-13)12-21-15-11-7-6-10-14(15)17(18,19)20/h3-5,8-9,14-15,21H,6-7,10-12H2,1-2H3. The van der Waals surface area contributed by atoms with Crippen LogP contribution >= 0.6 is 0 Å². The third-order valence-corrected chi connectivity index (χ3v) is 4.55. The van der Waals surface area contributed by atoms with E-state index >= 15 is 0 Å². The maximum atomic E-state index is 13.1. The van der Waals surface area contributed by atoms with Crippen LogP contribution in [0.4, 0.5) is 13.2 Å². The van der Waals surface area contributed by atoms with Gasteiger partial charge in [-0.25, -0.2) is 0 Å². The number of hydrogen-bond acceptors (Lipinski definition) is 1. The second-order valence-electron chi connectivity index (χ2n) is 6.67. The lowest BCUT2D eigenvalue weighted by molar-refractivity contribution is -0.189. The summed E-state index contributed by atoms with van der Waals surface area (Å²) < 4.78 is 39.3. The van der Waals surface area contributed by atoms with Crippen LogP contribution in [0, 0.1) is 5.92 Å². The molecular weight excluding hydrogens is 275 g/mol. The van der Waals surface area contributed by atoms with E-state index in [4.69, 9.17) is 0 Å². The summed E-state index contributed by atoms with van der Waals surface area (Å²) in [5.41, 5.74) is 0.978. The van der Waals surface area contributed by atoms with E-state index in [-0.39, 0.29) is 11.8 Å². The van der Waals surface area contributed by atoms with Gasteiger partial charge in [0, 0.05) is 18.0 Å². The molecule has 1 aromatic rings. The van der Waals surface area contributed by atoms with Crippen LogP contribution in [0.3, 0.4) is 0 Å². The van der Waals surface area contributed by atoms with Gasteiger partial charge in [-0.2, -0.15) is 13.2 Å². The van der Waals surface area contributed by atoms with Crippen molar-refractivity contribution in [2.45, 2.75) is 57.2 Å². The smallest absolute Gasteiger partial charge is 0.312 e. The molecule has 0 amide bonds. The van der Waals surface area contributed by atoms with E-state index in [0.717, 1.165) is 12.0 Å². The largest absolute Gasteiger partial charge is 0.393 e. The van der Waals surface area contributed by atoms with Crippen molar-refractivity contribution in [3.63, 3.8) is 0 Å². The SMILES string of the molecule is CC(C)(CNC1CCCCC1C(F)(F)F)c1ccccc1. The Labute approximate surface area is 124 Å². The minimum absolute atomic E-state index is 0.172. The Bertz CT molecular complexity index is 439. The van der Waals surface area contributed by atoms with E-state index in [1.54, 1.807) is 0 Å². The highest BCUT2D eigenvalue weighted by Crippen LogP contribution is 2.38. The molecule has 118 valence electrons. The van der Waals surface area contributed by atoms with E-state index in [0.29, 0.717) is 19.4 Å². The summed E-state index contributed by atoms with van der Waals surface area (Å²) >= 11 is 0. The van der Waals surface area contributed by atoms with Gasteiger partial charge in [0.25, 0.3) is 0 Å². The van der Waals surface area contributed by atoms with Crippen LogP contribution in [-0.2, 0) is 5.41 Å². The fraction of sp³-hybridized carbons (Fsp3) is 0.647. The molecule has 4 heteroatoms. The first-order valence-electron chi connectivity index (χ1n) is 7.66. The summed E-state index contributed by atoms with van der Waals surface area (Å²) in [5.74, 6) is -1.20. The first kappa shape index (κ1) is 16.3. The first-order valence-corrected chi connectivity index (χ1v) is 7.66. The third kappa shape index (κ3) is 4.22. The number of alkyl halides is 3. The molecule has 2 unspecified atom stereocenters. The van der Waals surface area contributed by atoms with Crippen molar-refractivity contribution in [3.05, 3.63) is 35.9 Å². The van der Waals surface area contributed by atoms with Gasteiger partial charge < -0.3 is 5.32 Å². The predicted octanol–water partition coefficient (Wildman–Crippen LogP) is 4.67. The van der Waals surface area contributed by atoms with Gasteiger partial charge in [-0.05, 0) is 18.4 Å². The quantitative estimate of drug-likeness (QED) is 0.851. The molecule has 1 N–H and O–H groups in total. The Hall–Kier alpha value is -1.03. The van der Waals surface area contributed by atoms with Gasteiger partial charge in [0.15, 0.2) is 0 Å². The molecule has 1 aromatic carbocycles. The number of nitrogens with one attached hydrogen (secondary N) is 1. The number of benzene rings is 1. The molecule has 0 aliphatic heterocycles.